The van der Waals surface area contributed by atoms with Gasteiger partial charge in [0, 0.05) is 5.39 Å². The SMILES string of the molecule is Cc1cc(F)ccc1Cn1nc(C(F)(F)F)c(NC(=O)c2cc(C(N)=O)nc3ccccc23)c1C. The first kappa shape index (κ1) is 23.9. The molecule has 3 N–H and O–H groups in total. The molecule has 0 bridgehead atoms. The van der Waals surface area contributed by atoms with E-state index in [4.69, 9.17) is 5.73 Å². The lowest BCUT2D eigenvalue weighted by molar-refractivity contribution is -0.140. The van der Waals surface area contributed by atoms with Crippen LogP contribution in [-0.4, -0.2) is 26.6 Å². The van der Waals surface area contributed by atoms with Crippen molar-refractivity contribution in [3.8, 4) is 0 Å². The molecule has 2 aromatic heterocycles. The largest absolute Gasteiger partial charge is 0.437 e. The van der Waals surface area contributed by atoms with Crippen molar-refractivity contribution in [3.05, 3.63) is 88.1 Å². The monoisotopic (exact) mass is 485 g/mol. The molecule has 2 heterocycles. The highest BCUT2D eigenvalue weighted by Crippen LogP contribution is 2.36. The number of rotatable bonds is 5. The van der Waals surface area contributed by atoms with E-state index in [1.165, 1.54) is 25.1 Å². The Bertz CT molecular complexity index is 1480. The van der Waals surface area contributed by atoms with Gasteiger partial charge in [-0.25, -0.2) is 9.37 Å². The predicted molar refractivity (Wildman–Crippen MR) is 120 cm³/mol. The molecule has 2 aromatic carbocycles. The van der Waals surface area contributed by atoms with Crippen LogP contribution >= 0.6 is 0 Å². The van der Waals surface area contributed by atoms with Gasteiger partial charge in [0.15, 0.2) is 5.69 Å². The number of alkyl halides is 3. The smallest absolute Gasteiger partial charge is 0.364 e. The molecule has 0 aliphatic rings. The maximum Gasteiger partial charge on any atom is 0.437 e. The van der Waals surface area contributed by atoms with Crippen LogP contribution in [0.25, 0.3) is 10.9 Å². The van der Waals surface area contributed by atoms with Crippen LogP contribution in [0.5, 0.6) is 0 Å². The van der Waals surface area contributed by atoms with E-state index in [1.54, 1.807) is 31.2 Å². The number of halogens is 4. The van der Waals surface area contributed by atoms with E-state index in [9.17, 15) is 27.2 Å². The second kappa shape index (κ2) is 8.82. The Balaban J connectivity index is 1.78. The minimum absolute atomic E-state index is 0.0443. The fourth-order valence-corrected chi connectivity index (χ4v) is 3.72. The number of para-hydroxylation sites is 1. The fourth-order valence-electron chi connectivity index (χ4n) is 3.72. The molecule has 2 amide bonds. The van der Waals surface area contributed by atoms with Gasteiger partial charge in [0.05, 0.1) is 29.0 Å². The van der Waals surface area contributed by atoms with Gasteiger partial charge in [-0.1, -0.05) is 24.3 Å². The summed E-state index contributed by atoms with van der Waals surface area (Å²) in [6, 6.07) is 11.4. The van der Waals surface area contributed by atoms with Crippen molar-refractivity contribution in [3.63, 3.8) is 0 Å². The molecule has 0 fully saturated rings. The van der Waals surface area contributed by atoms with Crippen LogP contribution in [0.2, 0.25) is 0 Å². The molecular formula is C24H19F4N5O2. The summed E-state index contributed by atoms with van der Waals surface area (Å²) in [5.74, 6) is -2.25. The van der Waals surface area contributed by atoms with Crippen molar-refractivity contribution in [2.24, 2.45) is 5.73 Å². The highest BCUT2D eigenvalue weighted by atomic mass is 19.4. The summed E-state index contributed by atoms with van der Waals surface area (Å²) < 4.78 is 56.0. The van der Waals surface area contributed by atoms with Crippen LogP contribution in [0.3, 0.4) is 0 Å². The van der Waals surface area contributed by atoms with Gasteiger partial charge in [0.2, 0.25) is 0 Å². The standard InChI is InChI=1S/C24H19F4N5O2/c1-12-9-15(25)8-7-14(12)11-33-13(2)20(21(32-33)24(26,27)28)31-23(35)17-10-19(22(29)34)30-18-6-4-3-5-16(17)18/h3-10H,11H2,1-2H3,(H2,29,34)(H,31,35). The van der Waals surface area contributed by atoms with Crippen molar-refractivity contribution < 1.29 is 27.2 Å². The number of fused-ring (bicyclic) bond motifs is 1. The van der Waals surface area contributed by atoms with Crippen LogP contribution in [-0.2, 0) is 12.7 Å². The number of aromatic nitrogens is 3. The topological polar surface area (TPSA) is 103 Å². The number of pyridine rings is 1. The molecule has 0 aliphatic heterocycles. The maximum absolute atomic E-state index is 13.8. The second-order valence-electron chi connectivity index (χ2n) is 7.93. The third-order valence-electron chi connectivity index (χ3n) is 5.55. The minimum atomic E-state index is -4.87. The number of nitrogens with one attached hydrogen (secondary N) is 1. The first-order valence-electron chi connectivity index (χ1n) is 10.4. The Morgan fingerprint density at radius 1 is 1.09 bits per heavy atom. The van der Waals surface area contributed by atoms with Gasteiger partial charge in [0.1, 0.15) is 11.5 Å². The molecule has 0 atom stereocenters. The molecule has 0 unspecified atom stereocenters. The molecule has 0 radical (unpaired) electrons. The molecular weight excluding hydrogens is 466 g/mol. The average molecular weight is 485 g/mol. The van der Waals surface area contributed by atoms with Crippen LogP contribution in [0.4, 0.5) is 23.2 Å². The molecule has 4 aromatic rings. The number of anilines is 1. The van der Waals surface area contributed by atoms with Gasteiger partial charge < -0.3 is 11.1 Å². The predicted octanol–water partition coefficient (Wildman–Crippen LogP) is 4.61. The number of carbonyl (C=O) groups excluding carboxylic acids is 2. The lowest BCUT2D eigenvalue weighted by Crippen LogP contribution is -2.19. The number of primary amides is 1. The molecule has 180 valence electrons. The summed E-state index contributed by atoms with van der Waals surface area (Å²) in [6.45, 7) is 2.95. The normalized spacial score (nSPS) is 11.6. The summed E-state index contributed by atoms with van der Waals surface area (Å²) >= 11 is 0. The zero-order valence-corrected chi connectivity index (χ0v) is 18.6. The summed E-state index contributed by atoms with van der Waals surface area (Å²) in [6.07, 6.45) is -4.87. The quantitative estimate of drug-likeness (QED) is 0.403. The van der Waals surface area contributed by atoms with Crippen molar-refractivity contribution in [2.75, 3.05) is 5.32 Å². The average Bonchev–Trinajstić information content (AvgIpc) is 3.10. The van der Waals surface area contributed by atoms with Gasteiger partial charge in [-0.2, -0.15) is 18.3 Å². The van der Waals surface area contributed by atoms with E-state index in [-0.39, 0.29) is 29.0 Å². The first-order valence-corrected chi connectivity index (χ1v) is 10.4. The Hall–Kier alpha value is -4.28. The maximum atomic E-state index is 13.8. The van der Waals surface area contributed by atoms with Crippen molar-refractivity contribution in [1.82, 2.24) is 14.8 Å². The number of benzene rings is 2. The number of hydrogen-bond donors (Lipinski definition) is 2. The zero-order valence-electron chi connectivity index (χ0n) is 18.6. The minimum Gasteiger partial charge on any atom is -0.364 e. The third kappa shape index (κ3) is 4.70. The summed E-state index contributed by atoms with van der Waals surface area (Å²) in [4.78, 5) is 28.9. The van der Waals surface area contributed by atoms with Crippen LogP contribution in [0.1, 0.15) is 43.4 Å². The summed E-state index contributed by atoms with van der Waals surface area (Å²) in [5, 5.41) is 6.33. The van der Waals surface area contributed by atoms with Crippen molar-refractivity contribution in [2.45, 2.75) is 26.6 Å². The van der Waals surface area contributed by atoms with E-state index in [0.717, 1.165) is 10.7 Å². The number of nitrogens with two attached hydrogens (primary N) is 1. The Morgan fingerprint density at radius 3 is 2.46 bits per heavy atom. The molecule has 0 aliphatic carbocycles. The van der Waals surface area contributed by atoms with Crippen LogP contribution in [0, 0.1) is 19.7 Å². The number of nitrogens with zero attached hydrogens (tertiary/aromatic N) is 3. The number of carbonyl (C=O) groups is 2. The number of amides is 2. The summed E-state index contributed by atoms with van der Waals surface area (Å²) in [7, 11) is 0. The van der Waals surface area contributed by atoms with Gasteiger partial charge in [0.25, 0.3) is 11.8 Å². The Kier molecular flexibility index (Phi) is 6.01. The Labute approximate surface area is 196 Å². The molecule has 35 heavy (non-hydrogen) atoms. The highest BCUT2D eigenvalue weighted by Gasteiger charge is 2.39. The molecule has 0 saturated heterocycles. The molecule has 0 spiro atoms. The second-order valence-corrected chi connectivity index (χ2v) is 7.93. The van der Waals surface area contributed by atoms with Crippen molar-refractivity contribution >= 4 is 28.4 Å². The van der Waals surface area contributed by atoms with Gasteiger partial charge in [-0.15, -0.1) is 0 Å². The van der Waals surface area contributed by atoms with Gasteiger partial charge in [-0.3, -0.25) is 14.3 Å². The highest BCUT2D eigenvalue weighted by molar-refractivity contribution is 6.14. The van der Waals surface area contributed by atoms with Crippen molar-refractivity contribution in [1.29, 1.82) is 0 Å². The first-order chi connectivity index (χ1) is 16.5. The van der Waals surface area contributed by atoms with Gasteiger partial charge >= 0.3 is 6.18 Å². The zero-order chi connectivity index (χ0) is 25.5. The van der Waals surface area contributed by atoms with E-state index >= 15 is 0 Å². The van der Waals surface area contributed by atoms with Gasteiger partial charge in [-0.05, 0) is 49.2 Å². The van der Waals surface area contributed by atoms with E-state index in [0.29, 0.717) is 16.5 Å². The van der Waals surface area contributed by atoms with Crippen LogP contribution < -0.4 is 11.1 Å². The third-order valence-corrected chi connectivity index (χ3v) is 5.55. The number of hydrogen-bond acceptors (Lipinski definition) is 4. The fraction of sp³-hybridized carbons (Fsp3) is 0.167. The summed E-state index contributed by atoms with van der Waals surface area (Å²) in [5.41, 5.74) is 4.66. The van der Waals surface area contributed by atoms with E-state index in [2.05, 4.69) is 15.4 Å². The molecule has 7 nitrogen and oxygen atoms in total. The molecule has 11 heteroatoms. The van der Waals surface area contributed by atoms with Crippen LogP contribution in [0.15, 0.2) is 48.5 Å². The van der Waals surface area contributed by atoms with E-state index in [1.807, 2.05) is 0 Å². The van der Waals surface area contributed by atoms with E-state index < -0.39 is 35.2 Å². The Morgan fingerprint density at radius 2 is 1.80 bits per heavy atom. The number of aryl methyl sites for hydroxylation is 1. The molecule has 0 saturated carbocycles. The lowest BCUT2D eigenvalue weighted by Gasteiger charge is -2.12. The lowest BCUT2D eigenvalue weighted by atomic mass is 10.1. The molecule has 4 rings (SSSR count).